The number of hydrogen-bond acceptors (Lipinski definition) is 5. The Morgan fingerprint density at radius 1 is 1.33 bits per heavy atom. The number of nitriles is 1. The van der Waals surface area contributed by atoms with Crippen molar-refractivity contribution in [1.82, 2.24) is 9.29 Å². The highest BCUT2D eigenvalue weighted by atomic mass is 35.5. The number of benzene rings is 1. The van der Waals surface area contributed by atoms with Crippen LogP contribution in [-0.2, 0) is 21.2 Å². The van der Waals surface area contributed by atoms with Crippen LogP contribution in [0.4, 0.5) is 29.1 Å². The summed E-state index contributed by atoms with van der Waals surface area (Å²) in [6.45, 7) is 0.776. The molecule has 0 spiro atoms. The summed E-state index contributed by atoms with van der Waals surface area (Å²) in [7, 11) is -2.10. The van der Waals surface area contributed by atoms with Crippen molar-refractivity contribution in [3.05, 3.63) is 51.9 Å². The zero-order valence-electron chi connectivity index (χ0n) is 17.4. The summed E-state index contributed by atoms with van der Waals surface area (Å²) in [4.78, 5) is 18.1. The second kappa shape index (κ2) is 8.44. The normalized spacial score (nSPS) is 18.3. The highest BCUT2D eigenvalue weighted by Gasteiger charge is 2.49. The van der Waals surface area contributed by atoms with Crippen LogP contribution in [0, 0.1) is 24.1 Å². The van der Waals surface area contributed by atoms with Gasteiger partial charge in [0.05, 0.1) is 10.6 Å². The maximum absolute atomic E-state index is 13.6. The van der Waals surface area contributed by atoms with Crippen LogP contribution < -0.4 is 9.21 Å². The number of hydrogen-bond donors (Lipinski definition) is 0. The molecule has 1 aromatic heterocycles. The van der Waals surface area contributed by atoms with Gasteiger partial charge >= 0.3 is 16.4 Å². The van der Waals surface area contributed by atoms with Gasteiger partial charge in [-0.3, -0.25) is 4.79 Å². The van der Waals surface area contributed by atoms with Crippen molar-refractivity contribution in [1.29, 1.82) is 5.26 Å². The van der Waals surface area contributed by atoms with Crippen molar-refractivity contribution in [3.8, 4) is 6.07 Å². The van der Waals surface area contributed by atoms with Crippen LogP contribution in [0.1, 0.15) is 16.8 Å². The first kappa shape index (κ1) is 24.7. The second-order valence-electron chi connectivity index (χ2n) is 7.21. The van der Waals surface area contributed by atoms with Crippen molar-refractivity contribution in [2.24, 2.45) is 0 Å². The Kier molecular flexibility index (Phi) is 6.31. The lowest BCUT2D eigenvalue weighted by Crippen LogP contribution is -2.47. The van der Waals surface area contributed by atoms with E-state index in [2.05, 4.69) is 4.98 Å². The minimum atomic E-state index is -4.97. The van der Waals surface area contributed by atoms with Gasteiger partial charge in [-0.05, 0) is 31.2 Å². The molecule has 14 heteroatoms. The molecule has 1 aliphatic rings. The standard InChI is InChI=1S/C19H16ClF4N5O3S/c1-10-6-13(19(22,23)24)12(8-25)17(26-10)29-16(9-27(2)33(29,31)32)18(30)28(3)11-4-5-15(21)14(20)7-11/h4-7,16H,9H2,1-3H3/t16-/m0/s1. The number of rotatable bonds is 3. The SMILES string of the molecule is Cc1cc(C(F)(F)F)c(C#N)c(N2[C@H](C(=O)N(C)c3ccc(F)c(Cl)c3)CN(C)S2(=O)=O)n1. The molecule has 0 N–H and O–H groups in total. The van der Waals surface area contributed by atoms with E-state index in [1.807, 2.05) is 0 Å². The predicted molar refractivity (Wildman–Crippen MR) is 111 cm³/mol. The zero-order chi connectivity index (χ0) is 24.9. The van der Waals surface area contributed by atoms with Crippen LogP contribution in [-0.4, -0.2) is 50.3 Å². The van der Waals surface area contributed by atoms with Crippen LogP contribution in [0.2, 0.25) is 5.02 Å². The van der Waals surface area contributed by atoms with Gasteiger partial charge in [-0.2, -0.15) is 31.2 Å². The molecule has 1 aliphatic heterocycles. The first-order valence-electron chi connectivity index (χ1n) is 9.17. The van der Waals surface area contributed by atoms with Gasteiger partial charge in [-0.25, -0.2) is 13.7 Å². The number of anilines is 2. The lowest BCUT2D eigenvalue weighted by atomic mass is 10.1. The van der Waals surface area contributed by atoms with E-state index < -0.39 is 57.6 Å². The highest BCUT2D eigenvalue weighted by molar-refractivity contribution is 7.90. The molecule has 0 radical (unpaired) electrons. The van der Waals surface area contributed by atoms with E-state index in [4.69, 9.17) is 11.6 Å². The Balaban J connectivity index is 2.17. The molecule has 0 bridgehead atoms. The van der Waals surface area contributed by atoms with Gasteiger partial charge in [-0.1, -0.05) is 11.6 Å². The van der Waals surface area contributed by atoms with Crippen molar-refractivity contribution in [2.75, 3.05) is 29.8 Å². The molecule has 8 nitrogen and oxygen atoms in total. The number of aryl methyl sites for hydroxylation is 1. The molecule has 2 aromatic rings. The van der Waals surface area contributed by atoms with Gasteiger partial charge in [0.2, 0.25) is 0 Å². The molecular weight excluding hydrogens is 490 g/mol. The van der Waals surface area contributed by atoms with Gasteiger partial charge in [0.15, 0.2) is 5.82 Å². The van der Waals surface area contributed by atoms with E-state index in [1.165, 1.54) is 26.1 Å². The van der Waals surface area contributed by atoms with E-state index in [-0.39, 0.29) is 16.4 Å². The minimum Gasteiger partial charge on any atom is -0.314 e. The maximum atomic E-state index is 13.6. The third-order valence-electron chi connectivity index (χ3n) is 5.02. The molecule has 1 atom stereocenters. The monoisotopic (exact) mass is 505 g/mol. The van der Waals surface area contributed by atoms with Gasteiger partial charge in [-0.15, -0.1) is 0 Å². The largest absolute Gasteiger partial charge is 0.417 e. The van der Waals surface area contributed by atoms with E-state index in [0.29, 0.717) is 10.4 Å². The summed E-state index contributed by atoms with van der Waals surface area (Å²) in [6.07, 6.45) is -4.97. The summed E-state index contributed by atoms with van der Waals surface area (Å²) in [6, 6.07) is 3.80. The van der Waals surface area contributed by atoms with Crippen LogP contribution in [0.15, 0.2) is 24.3 Å². The number of aromatic nitrogens is 1. The first-order chi connectivity index (χ1) is 15.2. The molecule has 33 heavy (non-hydrogen) atoms. The smallest absolute Gasteiger partial charge is 0.314 e. The molecule has 3 rings (SSSR count). The predicted octanol–water partition coefficient (Wildman–Crippen LogP) is 3.10. The maximum Gasteiger partial charge on any atom is 0.417 e. The third kappa shape index (κ3) is 4.33. The molecule has 1 fully saturated rings. The van der Waals surface area contributed by atoms with E-state index in [0.717, 1.165) is 28.4 Å². The number of carbonyl (C=O) groups excluding carboxylic acids is 1. The van der Waals surface area contributed by atoms with Crippen LogP contribution in [0.3, 0.4) is 0 Å². The topological polar surface area (TPSA) is 97.6 Å². The van der Waals surface area contributed by atoms with Crippen molar-refractivity contribution < 1.29 is 30.8 Å². The van der Waals surface area contributed by atoms with Crippen molar-refractivity contribution in [2.45, 2.75) is 19.1 Å². The molecule has 0 saturated carbocycles. The Bertz CT molecular complexity index is 1280. The summed E-state index contributed by atoms with van der Waals surface area (Å²) >= 11 is 5.75. The van der Waals surface area contributed by atoms with Gasteiger partial charge in [0, 0.05) is 32.0 Å². The number of amides is 1. The summed E-state index contributed by atoms with van der Waals surface area (Å²) in [5.41, 5.74) is -2.49. The number of halogens is 5. The zero-order valence-corrected chi connectivity index (χ0v) is 18.9. The quantitative estimate of drug-likeness (QED) is 0.597. The molecule has 2 heterocycles. The Hall–Kier alpha value is -2.95. The van der Waals surface area contributed by atoms with Gasteiger partial charge in [0.25, 0.3) is 5.91 Å². The molecule has 0 aliphatic carbocycles. The molecule has 1 aromatic carbocycles. The van der Waals surface area contributed by atoms with Crippen molar-refractivity contribution in [3.63, 3.8) is 0 Å². The summed E-state index contributed by atoms with van der Waals surface area (Å²) in [5.74, 6) is -2.40. The Morgan fingerprint density at radius 2 is 1.97 bits per heavy atom. The Morgan fingerprint density at radius 3 is 2.52 bits per heavy atom. The fourth-order valence-corrected chi connectivity index (χ4v) is 4.99. The first-order valence-corrected chi connectivity index (χ1v) is 10.9. The number of likely N-dealkylation sites (N-methyl/N-ethyl adjacent to an activating group) is 2. The lowest BCUT2D eigenvalue weighted by molar-refractivity contribution is -0.137. The third-order valence-corrected chi connectivity index (χ3v) is 7.17. The van der Waals surface area contributed by atoms with Crippen molar-refractivity contribution >= 4 is 39.2 Å². The summed E-state index contributed by atoms with van der Waals surface area (Å²) in [5, 5.41) is 9.16. The van der Waals surface area contributed by atoms with E-state index >= 15 is 0 Å². The molecular formula is C19H16ClF4N5O3S. The average Bonchev–Trinajstić information content (AvgIpc) is 2.96. The second-order valence-corrected chi connectivity index (χ2v) is 9.53. The Labute approximate surface area is 191 Å². The highest BCUT2D eigenvalue weighted by Crippen LogP contribution is 2.39. The number of nitrogens with zero attached hydrogens (tertiary/aromatic N) is 5. The van der Waals surface area contributed by atoms with Crippen LogP contribution in [0.5, 0.6) is 0 Å². The number of pyridine rings is 1. The fourth-order valence-electron chi connectivity index (χ4n) is 3.35. The number of alkyl halides is 3. The number of carbonyl (C=O) groups is 1. The lowest BCUT2D eigenvalue weighted by Gasteiger charge is -2.28. The fraction of sp³-hybridized carbons (Fsp3) is 0.316. The molecule has 176 valence electrons. The minimum absolute atomic E-state index is 0.118. The van der Waals surface area contributed by atoms with E-state index in [9.17, 15) is 36.0 Å². The van der Waals surface area contributed by atoms with Crippen LogP contribution >= 0.6 is 11.6 Å². The molecule has 1 amide bonds. The molecule has 1 saturated heterocycles. The molecule has 0 unspecified atom stereocenters. The van der Waals surface area contributed by atoms with Gasteiger partial charge < -0.3 is 4.90 Å². The van der Waals surface area contributed by atoms with E-state index in [1.54, 1.807) is 0 Å². The van der Waals surface area contributed by atoms with Crippen LogP contribution in [0.25, 0.3) is 0 Å². The van der Waals surface area contributed by atoms with Gasteiger partial charge in [0.1, 0.15) is 23.5 Å². The summed E-state index contributed by atoms with van der Waals surface area (Å²) < 4.78 is 81.3. The average molecular weight is 506 g/mol.